The molecule has 1 aromatic heterocycles. The molecular weight excluding hydrogens is 142 g/mol. The van der Waals surface area contributed by atoms with Gasteiger partial charge in [0.15, 0.2) is 0 Å². The highest BCUT2D eigenvalue weighted by Gasteiger charge is 2.10. The average molecular weight is 155 g/mol. The molecule has 0 bridgehead atoms. The summed E-state index contributed by atoms with van der Waals surface area (Å²) in [5, 5.41) is 13.3. The van der Waals surface area contributed by atoms with Gasteiger partial charge in [0.1, 0.15) is 0 Å². The first-order chi connectivity index (χ1) is 5.16. The molecule has 4 heteroatoms. The molecule has 62 valence electrons. The van der Waals surface area contributed by atoms with E-state index in [1.165, 1.54) is 0 Å². The number of aromatic nitrogens is 2. The van der Waals surface area contributed by atoms with E-state index in [9.17, 15) is 5.11 Å². The largest absolute Gasteiger partial charge is 0.387 e. The predicted octanol–water partition coefficient (Wildman–Crippen LogP) is -0.279. The fourth-order valence-electron chi connectivity index (χ4n) is 0.970. The van der Waals surface area contributed by atoms with Crippen molar-refractivity contribution in [1.82, 2.24) is 9.78 Å². The fourth-order valence-corrected chi connectivity index (χ4v) is 0.970. The Morgan fingerprint density at radius 3 is 2.82 bits per heavy atom. The van der Waals surface area contributed by atoms with Gasteiger partial charge in [0.05, 0.1) is 12.3 Å². The molecule has 3 N–H and O–H groups in total. The summed E-state index contributed by atoms with van der Waals surface area (Å²) in [6, 6.07) is 0. The van der Waals surface area contributed by atoms with E-state index in [1.54, 1.807) is 10.9 Å². The second-order valence-electron chi connectivity index (χ2n) is 2.56. The summed E-state index contributed by atoms with van der Waals surface area (Å²) < 4.78 is 1.72. The Balaban J connectivity index is 2.94. The van der Waals surface area contributed by atoms with Gasteiger partial charge in [-0.3, -0.25) is 4.68 Å². The van der Waals surface area contributed by atoms with Crippen LogP contribution in [0.5, 0.6) is 0 Å². The van der Waals surface area contributed by atoms with E-state index in [0.29, 0.717) is 0 Å². The molecule has 1 atom stereocenters. The van der Waals surface area contributed by atoms with E-state index < -0.39 is 6.10 Å². The van der Waals surface area contributed by atoms with Crippen molar-refractivity contribution in [3.8, 4) is 0 Å². The molecule has 0 spiro atoms. The number of hydrogen-bond acceptors (Lipinski definition) is 3. The molecule has 1 rings (SSSR count). The van der Waals surface area contributed by atoms with E-state index in [-0.39, 0.29) is 6.54 Å². The van der Waals surface area contributed by atoms with Crippen LogP contribution in [0.3, 0.4) is 0 Å². The minimum atomic E-state index is -0.580. The zero-order chi connectivity index (χ0) is 8.43. The van der Waals surface area contributed by atoms with Crippen LogP contribution in [0.4, 0.5) is 0 Å². The lowest BCUT2D eigenvalue weighted by Crippen LogP contribution is -2.12. The maximum Gasteiger partial charge on any atom is 0.0945 e. The standard InChI is InChI=1S/C7H13N3O/c1-5-6(7(11)3-8)4-9-10(5)2/h4,7,11H,3,8H2,1-2H3/t7-/m1/s1. The summed E-state index contributed by atoms with van der Waals surface area (Å²) in [6.07, 6.45) is 1.07. The Kier molecular flexibility index (Phi) is 2.26. The molecule has 0 aromatic carbocycles. The Hall–Kier alpha value is -0.870. The van der Waals surface area contributed by atoms with E-state index in [4.69, 9.17) is 5.73 Å². The Morgan fingerprint density at radius 2 is 2.45 bits per heavy atom. The van der Waals surface area contributed by atoms with Crippen molar-refractivity contribution >= 4 is 0 Å². The molecule has 4 nitrogen and oxygen atoms in total. The highest BCUT2D eigenvalue weighted by molar-refractivity contribution is 5.18. The van der Waals surface area contributed by atoms with Gasteiger partial charge in [0, 0.05) is 24.8 Å². The highest BCUT2D eigenvalue weighted by Crippen LogP contribution is 2.14. The molecule has 0 aliphatic heterocycles. The molecule has 1 heterocycles. The topological polar surface area (TPSA) is 64.1 Å². The Bertz CT molecular complexity index is 244. The minimum Gasteiger partial charge on any atom is -0.387 e. The first-order valence-corrected chi connectivity index (χ1v) is 3.53. The quantitative estimate of drug-likeness (QED) is 0.617. The van der Waals surface area contributed by atoms with Crippen molar-refractivity contribution < 1.29 is 5.11 Å². The summed E-state index contributed by atoms with van der Waals surface area (Å²) in [6.45, 7) is 2.15. The Labute approximate surface area is 65.6 Å². The maximum atomic E-state index is 9.35. The van der Waals surface area contributed by atoms with Gasteiger partial charge in [-0.15, -0.1) is 0 Å². The highest BCUT2D eigenvalue weighted by atomic mass is 16.3. The summed E-state index contributed by atoms with van der Waals surface area (Å²) >= 11 is 0. The van der Waals surface area contributed by atoms with Crippen LogP contribution in [0.25, 0.3) is 0 Å². The smallest absolute Gasteiger partial charge is 0.0945 e. The van der Waals surface area contributed by atoms with Crippen molar-refractivity contribution in [1.29, 1.82) is 0 Å². The van der Waals surface area contributed by atoms with Crippen molar-refractivity contribution in [3.63, 3.8) is 0 Å². The number of rotatable bonds is 2. The molecule has 0 amide bonds. The Morgan fingerprint density at radius 1 is 1.82 bits per heavy atom. The molecule has 11 heavy (non-hydrogen) atoms. The normalized spacial score (nSPS) is 13.5. The van der Waals surface area contributed by atoms with Crippen LogP contribution < -0.4 is 5.73 Å². The van der Waals surface area contributed by atoms with Gasteiger partial charge in [-0.05, 0) is 6.92 Å². The molecule has 0 radical (unpaired) electrons. The number of aliphatic hydroxyl groups is 1. The van der Waals surface area contributed by atoms with Crippen LogP contribution in [0, 0.1) is 6.92 Å². The number of aryl methyl sites for hydroxylation is 1. The van der Waals surface area contributed by atoms with Gasteiger partial charge in [-0.1, -0.05) is 0 Å². The molecule has 0 saturated carbocycles. The van der Waals surface area contributed by atoms with E-state index >= 15 is 0 Å². The molecule has 1 aromatic rings. The molecule has 0 aliphatic rings. The summed E-state index contributed by atoms with van der Waals surface area (Å²) in [5.41, 5.74) is 7.07. The van der Waals surface area contributed by atoms with Crippen LogP contribution in [0.1, 0.15) is 17.4 Å². The number of nitrogens with two attached hydrogens (primary N) is 1. The molecule has 0 unspecified atom stereocenters. The first-order valence-electron chi connectivity index (χ1n) is 3.53. The van der Waals surface area contributed by atoms with Gasteiger partial charge in [-0.25, -0.2) is 0 Å². The van der Waals surface area contributed by atoms with E-state index in [2.05, 4.69) is 5.10 Å². The van der Waals surface area contributed by atoms with E-state index in [0.717, 1.165) is 11.3 Å². The number of hydrogen-bond donors (Lipinski definition) is 2. The van der Waals surface area contributed by atoms with Gasteiger partial charge in [0.25, 0.3) is 0 Å². The lowest BCUT2D eigenvalue weighted by atomic mass is 10.1. The zero-order valence-electron chi connectivity index (χ0n) is 6.78. The number of aliphatic hydroxyl groups excluding tert-OH is 1. The van der Waals surface area contributed by atoms with Crippen molar-refractivity contribution in [2.45, 2.75) is 13.0 Å². The fraction of sp³-hybridized carbons (Fsp3) is 0.571. The SMILES string of the molecule is Cc1c([C@H](O)CN)cnn1C. The third-order valence-corrected chi connectivity index (χ3v) is 1.86. The molecule has 0 fully saturated rings. The van der Waals surface area contributed by atoms with Gasteiger partial charge < -0.3 is 10.8 Å². The molecule has 0 saturated heterocycles. The predicted molar refractivity (Wildman–Crippen MR) is 42.0 cm³/mol. The average Bonchev–Trinajstić information content (AvgIpc) is 2.32. The first kappa shape index (κ1) is 8.23. The summed E-state index contributed by atoms with van der Waals surface area (Å²) in [4.78, 5) is 0. The molecule has 0 aliphatic carbocycles. The minimum absolute atomic E-state index is 0.243. The van der Waals surface area contributed by atoms with Crippen LogP contribution >= 0.6 is 0 Å². The van der Waals surface area contributed by atoms with Crippen LogP contribution in [-0.2, 0) is 7.05 Å². The summed E-state index contributed by atoms with van der Waals surface area (Å²) in [5.74, 6) is 0. The monoisotopic (exact) mass is 155 g/mol. The van der Waals surface area contributed by atoms with E-state index in [1.807, 2.05) is 14.0 Å². The van der Waals surface area contributed by atoms with Crippen LogP contribution in [0.2, 0.25) is 0 Å². The lowest BCUT2D eigenvalue weighted by molar-refractivity contribution is 0.186. The number of nitrogens with zero attached hydrogens (tertiary/aromatic N) is 2. The lowest BCUT2D eigenvalue weighted by Gasteiger charge is -2.05. The van der Waals surface area contributed by atoms with Crippen molar-refractivity contribution in [3.05, 3.63) is 17.5 Å². The zero-order valence-corrected chi connectivity index (χ0v) is 6.78. The second-order valence-corrected chi connectivity index (χ2v) is 2.56. The molecular formula is C7H13N3O. The van der Waals surface area contributed by atoms with Crippen LogP contribution in [-0.4, -0.2) is 21.4 Å². The van der Waals surface area contributed by atoms with Gasteiger partial charge >= 0.3 is 0 Å². The van der Waals surface area contributed by atoms with Crippen molar-refractivity contribution in [2.75, 3.05) is 6.54 Å². The second kappa shape index (κ2) is 3.02. The third kappa shape index (κ3) is 1.41. The van der Waals surface area contributed by atoms with Crippen LogP contribution in [0.15, 0.2) is 6.20 Å². The maximum absolute atomic E-state index is 9.35. The third-order valence-electron chi connectivity index (χ3n) is 1.86. The summed E-state index contributed by atoms with van der Waals surface area (Å²) in [7, 11) is 1.84. The van der Waals surface area contributed by atoms with Crippen molar-refractivity contribution in [2.24, 2.45) is 12.8 Å². The van der Waals surface area contributed by atoms with Gasteiger partial charge in [-0.2, -0.15) is 5.10 Å². The van der Waals surface area contributed by atoms with Gasteiger partial charge in [0.2, 0.25) is 0 Å².